The third kappa shape index (κ3) is 4.13. The molecule has 5 rings (SSSR count). The molecule has 1 aliphatic carbocycles. The van der Waals surface area contributed by atoms with Crippen LogP contribution in [-0.2, 0) is 24.6 Å². The average molecular weight is 474 g/mol. The number of hydrogen-bond acceptors (Lipinski definition) is 4. The van der Waals surface area contributed by atoms with Crippen molar-refractivity contribution in [3.05, 3.63) is 64.7 Å². The van der Waals surface area contributed by atoms with Gasteiger partial charge in [-0.3, -0.25) is 24.1 Å². The Morgan fingerprint density at radius 1 is 0.943 bits per heavy atom. The standard InChI is InChI=1S/C28H31N3O4/c1-18-12-19(2)14-22(13-18)30-11-10-29(17-26(30)34)24(32)15-28(23-7-5-4-6-20(23)3)16-25(33)31(27(28)35)21-8-9-21/h4-7,12-14,21H,8-11,15-17H2,1-3H3. The van der Waals surface area contributed by atoms with Gasteiger partial charge in [0.25, 0.3) is 0 Å². The second kappa shape index (κ2) is 8.63. The van der Waals surface area contributed by atoms with Crippen molar-refractivity contribution in [1.29, 1.82) is 0 Å². The van der Waals surface area contributed by atoms with Crippen molar-refractivity contribution in [3.63, 3.8) is 0 Å². The minimum absolute atomic E-state index is 0.00456. The second-order valence-electron chi connectivity index (χ2n) is 10.3. The van der Waals surface area contributed by atoms with Gasteiger partial charge in [-0.2, -0.15) is 0 Å². The van der Waals surface area contributed by atoms with E-state index >= 15 is 0 Å². The quantitative estimate of drug-likeness (QED) is 0.626. The minimum Gasteiger partial charge on any atom is -0.332 e. The maximum atomic E-state index is 13.7. The summed E-state index contributed by atoms with van der Waals surface area (Å²) in [6.07, 6.45) is 1.53. The van der Waals surface area contributed by atoms with E-state index in [-0.39, 0.29) is 49.1 Å². The molecule has 2 heterocycles. The lowest BCUT2D eigenvalue weighted by atomic mass is 9.74. The first-order valence-corrected chi connectivity index (χ1v) is 12.3. The lowest BCUT2D eigenvalue weighted by molar-refractivity contribution is -0.144. The highest BCUT2D eigenvalue weighted by atomic mass is 16.2. The number of piperazine rings is 1. The molecule has 182 valence electrons. The lowest BCUT2D eigenvalue weighted by Crippen LogP contribution is -2.54. The van der Waals surface area contributed by atoms with E-state index in [9.17, 15) is 19.2 Å². The summed E-state index contributed by atoms with van der Waals surface area (Å²) in [7, 11) is 0. The number of nitrogens with zero attached hydrogens (tertiary/aromatic N) is 3. The van der Waals surface area contributed by atoms with Gasteiger partial charge in [0.05, 0.1) is 5.41 Å². The van der Waals surface area contributed by atoms with Crippen LogP contribution in [0.2, 0.25) is 0 Å². The molecule has 2 aromatic rings. The number of carbonyl (C=O) groups excluding carboxylic acids is 4. The van der Waals surface area contributed by atoms with Gasteiger partial charge in [-0.25, -0.2) is 0 Å². The molecule has 2 aliphatic heterocycles. The number of anilines is 1. The van der Waals surface area contributed by atoms with Crippen LogP contribution in [-0.4, -0.2) is 59.1 Å². The summed E-state index contributed by atoms with van der Waals surface area (Å²) >= 11 is 0. The molecule has 2 saturated heterocycles. The Bertz CT molecular complexity index is 1210. The Kier molecular flexibility index (Phi) is 5.74. The van der Waals surface area contributed by atoms with E-state index in [1.165, 1.54) is 4.90 Å². The van der Waals surface area contributed by atoms with Crippen molar-refractivity contribution in [1.82, 2.24) is 9.80 Å². The smallest absolute Gasteiger partial charge is 0.246 e. The van der Waals surface area contributed by atoms with Crippen LogP contribution in [0.4, 0.5) is 5.69 Å². The molecule has 0 bridgehead atoms. The van der Waals surface area contributed by atoms with E-state index < -0.39 is 5.41 Å². The zero-order chi connectivity index (χ0) is 24.9. The lowest BCUT2D eigenvalue weighted by Gasteiger charge is -2.36. The molecule has 1 unspecified atom stereocenters. The first-order chi connectivity index (χ1) is 16.7. The highest BCUT2D eigenvalue weighted by molar-refractivity contribution is 6.11. The van der Waals surface area contributed by atoms with E-state index in [1.54, 1.807) is 9.80 Å². The van der Waals surface area contributed by atoms with Crippen LogP contribution in [0.1, 0.15) is 47.9 Å². The van der Waals surface area contributed by atoms with Crippen molar-refractivity contribution in [2.75, 3.05) is 24.5 Å². The highest BCUT2D eigenvalue weighted by Crippen LogP contribution is 2.45. The number of likely N-dealkylation sites (tertiary alicyclic amines) is 1. The molecule has 3 aliphatic rings. The summed E-state index contributed by atoms with van der Waals surface area (Å²) in [5.41, 5.74) is 3.40. The molecule has 1 saturated carbocycles. The van der Waals surface area contributed by atoms with E-state index in [4.69, 9.17) is 0 Å². The Balaban J connectivity index is 1.39. The van der Waals surface area contributed by atoms with Gasteiger partial charge in [0.15, 0.2) is 0 Å². The van der Waals surface area contributed by atoms with Gasteiger partial charge in [0, 0.05) is 37.7 Å². The average Bonchev–Trinajstić information content (AvgIpc) is 3.59. The fraction of sp³-hybridized carbons (Fsp3) is 0.429. The number of imide groups is 1. The molecule has 0 N–H and O–H groups in total. The molecule has 7 nitrogen and oxygen atoms in total. The third-order valence-corrected chi connectivity index (χ3v) is 7.47. The predicted molar refractivity (Wildman–Crippen MR) is 132 cm³/mol. The van der Waals surface area contributed by atoms with Crippen molar-refractivity contribution in [2.45, 2.75) is 57.9 Å². The summed E-state index contributed by atoms with van der Waals surface area (Å²) in [5, 5.41) is 0. The summed E-state index contributed by atoms with van der Waals surface area (Å²) < 4.78 is 0. The largest absolute Gasteiger partial charge is 0.332 e. The molecular weight excluding hydrogens is 442 g/mol. The number of amides is 4. The highest BCUT2D eigenvalue weighted by Gasteiger charge is 2.57. The van der Waals surface area contributed by atoms with Crippen molar-refractivity contribution < 1.29 is 19.2 Å². The van der Waals surface area contributed by atoms with Crippen LogP contribution in [0.3, 0.4) is 0 Å². The number of benzene rings is 2. The monoisotopic (exact) mass is 473 g/mol. The number of hydrogen-bond donors (Lipinski definition) is 0. The normalized spacial score (nSPS) is 22.8. The van der Waals surface area contributed by atoms with Gasteiger partial charge in [0.1, 0.15) is 6.54 Å². The molecule has 0 spiro atoms. The topological polar surface area (TPSA) is 78.0 Å². The van der Waals surface area contributed by atoms with Crippen LogP contribution in [0.25, 0.3) is 0 Å². The fourth-order valence-electron chi connectivity index (χ4n) is 5.65. The molecule has 1 atom stereocenters. The van der Waals surface area contributed by atoms with Gasteiger partial charge < -0.3 is 9.80 Å². The zero-order valence-electron chi connectivity index (χ0n) is 20.5. The SMILES string of the molecule is Cc1cc(C)cc(N2CCN(C(=O)CC3(c4ccccc4C)CC(=O)N(C4CC4)C3=O)CC2=O)c1. The van der Waals surface area contributed by atoms with Crippen molar-refractivity contribution in [2.24, 2.45) is 0 Å². The van der Waals surface area contributed by atoms with Crippen molar-refractivity contribution >= 4 is 29.3 Å². The van der Waals surface area contributed by atoms with Crippen LogP contribution in [0, 0.1) is 20.8 Å². The molecule has 7 heteroatoms. The predicted octanol–water partition coefficient (Wildman–Crippen LogP) is 3.04. The first-order valence-electron chi connectivity index (χ1n) is 12.3. The second-order valence-corrected chi connectivity index (χ2v) is 10.3. The van der Waals surface area contributed by atoms with Crippen LogP contribution in [0.15, 0.2) is 42.5 Å². The summed E-state index contributed by atoms with van der Waals surface area (Å²) in [4.78, 5) is 57.9. The Hall–Kier alpha value is -3.48. The van der Waals surface area contributed by atoms with Gasteiger partial charge in [-0.1, -0.05) is 30.3 Å². The summed E-state index contributed by atoms with van der Waals surface area (Å²) in [6, 6.07) is 13.5. The van der Waals surface area contributed by atoms with E-state index in [2.05, 4.69) is 6.07 Å². The fourth-order valence-corrected chi connectivity index (χ4v) is 5.65. The number of carbonyl (C=O) groups is 4. The number of aryl methyl sites for hydroxylation is 3. The zero-order valence-corrected chi connectivity index (χ0v) is 20.5. The van der Waals surface area contributed by atoms with Crippen LogP contribution in [0.5, 0.6) is 0 Å². The van der Waals surface area contributed by atoms with Gasteiger partial charge >= 0.3 is 0 Å². The number of rotatable bonds is 5. The van der Waals surface area contributed by atoms with Crippen molar-refractivity contribution in [3.8, 4) is 0 Å². The Labute approximate surface area is 205 Å². The molecule has 0 aromatic heterocycles. The summed E-state index contributed by atoms with van der Waals surface area (Å²) in [6.45, 7) is 6.64. The first kappa shape index (κ1) is 23.3. The summed E-state index contributed by atoms with van der Waals surface area (Å²) in [5.74, 6) is -0.884. The molecular formula is C28H31N3O4. The Morgan fingerprint density at radius 3 is 2.26 bits per heavy atom. The third-order valence-electron chi connectivity index (χ3n) is 7.47. The molecule has 0 radical (unpaired) electrons. The maximum Gasteiger partial charge on any atom is 0.246 e. The van der Waals surface area contributed by atoms with E-state index in [1.807, 2.05) is 57.2 Å². The van der Waals surface area contributed by atoms with Gasteiger partial charge in [0.2, 0.25) is 23.6 Å². The molecule has 35 heavy (non-hydrogen) atoms. The molecule has 2 aromatic carbocycles. The van der Waals surface area contributed by atoms with Gasteiger partial charge in [-0.15, -0.1) is 0 Å². The minimum atomic E-state index is -1.21. The van der Waals surface area contributed by atoms with Gasteiger partial charge in [-0.05, 0) is 68.0 Å². The molecule has 3 fully saturated rings. The molecule has 4 amide bonds. The van der Waals surface area contributed by atoms with Crippen LogP contribution < -0.4 is 4.90 Å². The van der Waals surface area contributed by atoms with Crippen LogP contribution >= 0.6 is 0 Å². The van der Waals surface area contributed by atoms with E-state index in [0.29, 0.717) is 13.1 Å². The Morgan fingerprint density at radius 2 is 1.63 bits per heavy atom. The maximum absolute atomic E-state index is 13.7. The van der Waals surface area contributed by atoms with E-state index in [0.717, 1.165) is 40.8 Å².